The maximum atomic E-state index is 13.3. The van der Waals surface area contributed by atoms with Crippen LogP contribution >= 0.6 is 11.3 Å². The van der Waals surface area contributed by atoms with Gasteiger partial charge in [-0.25, -0.2) is 18.6 Å². The molecule has 27 heavy (non-hydrogen) atoms. The summed E-state index contributed by atoms with van der Waals surface area (Å²) in [5, 5.41) is 5.35. The van der Waals surface area contributed by atoms with E-state index in [0.717, 1.165) is 47.6 Å². The van der Waals surface area contributed by atoms with Gasteiger partial charge in [0.15, 0.2) is 16.8 Å². The Morgan fingerprint density at radius 3 is 2.67 bits per heavy atom. The van der Waals surface area contributed by atoms with Crippen molar-refractivity contribution in [2.45, 2.75) is 37.6 Å². The number of hydrogen-bond acceptors (Lipinski definition) is 5. The van der Waals surface area contributed by atoms with E-state index in [1.54, 1.807) is 0 Å². The first-order valence-electron chi connectivity index (χ1n) is 8.57. The monoisotopic (exact) mass is 394 g/mol. The molecule has 1 aromatic heterocycles. The van der Waals surface area contributed by atoms with Crippen LogP contribution in [0.3, 0.4) is 0 Å². The number of amides is 4. The summed E-state index contributed by atoms with van der Waals surface area (Å²) in [5.41, 5.74) is -0.675. The Morgan fingerprint density at radius 2 is 1.93 bits per heavy atom. The molecule has 0 radical (unpaired) electrons. The molecule has 0 atom stereocenters. The zero-order valence-corrected chi connectivity index (χ0v) is 15.0. The lowest BCUT2D eigenvalue weighted by atomic mass is 9.82. The zero-order valence-electron chi connectivity index (χ0n) is 14.2. The smallest absolute Gasteiger partial charge is 0.323 e. The van der Waals surface area contributed by atoms with Gasteiger partial charge in [0.1, 0.15) is 12.1 Å². The van der Waals surface area contributed by atoms with Crippen LogP contribution < -0.4 is 10.6 Å². The number of nitrogens with one attached hydrogen (secondary N) is 2. The van der Waals surface area contributed by atoms with Gasteiger partial charge in [-0.2, -0.15) is 0 Å². The summed E-state index contributed by atoms with van der Waals surface area (Å²) in [4.78, 5) is 42.1. The highest BCUT2D eigenvalue weighted by Gasteiger charge is 2.51. The molecule has 0 unspecified atom stereocenters. The van der Waals surface area contributed by atoms with Crippen LogP contribution in [0.5, 0.6) is 0 Å². The predicted molar refractivity (Wildman–Crippen MR) is 94.2 cm³/mol. The van der Waals surface area contributed by atoms with Crippen molar-refractivity contribution in [3.8, 4) is 0 Å². The average Bonchev–Trinajstić information content (AvgIpc) is 3.09. The summed E-state index contributed by atoms with van der Waals surface area (Å²) in [6.07, 6.45) is 3.87. The number of fused-ring (bicyclic) bond motifs is 1. The molecule has 2 fully saturated rings. The van der Waals surface area contributed by atoms with Crippen molar-refractivity contribution in [1.82, 2.24) is 15.2 Å². The van der Waals surface area contributed by atoms with Gasteiger partial charge in [0.25, 0.3) is 5.91 Å². The molecule has 1 saturated heterocycles. The van der Waals surface area contributed by atoms with Gasteiger partial charge in [-0.05, 0) is 18.9 Å². The van der Waals surface area contributed by atoms with Crippen molar-refractivity contribution in [3.05, 3.63) is 23.8 Å². The van der Waals surface area contributed by atoms with E-state index in [4.69, 9.17) is 0 Å². The quantitative estimate of drug-likeness (QED) is 0.783. The Labute approximate surface area is 156 Å². The van der Waals surface area contributed by atoms with E-state index in [-0.39, 0.29) is 16.6 Å². The van der Waals surface area contributed by atoms with E-state index in [2.05, 4.69) is 15.6 Å². The fourth-order valence-electron chi connectivity index (χ4n) is 3.59. The zero-order chi connectivity index (χ0) is 19.2. The molecule has 2 aromatic rings. The van der Waals surface area contributed by atoms with E-state index >= 15 is 0 Å². The summed E-state index contributed by atoms with van der Waals surface area (Å²) in [6.45, 7) is -0.439. The van der Waals surface area contributed by atoms with Crippen molar-refractivity contribution >= 4 is 44.5 Å². The third kappa shape index (κ3) is 3.14. The molecule has 2 aliphatic rings. The molecule has 1 aromatic carbocycles. The molecule has 7 nitrogen and oxygen atoms in total. The number of hydrogen-bond donors (Lipinski definition) is 2. The van der Waals surface area contributed by atoms with Crippen LogP contribution in [0.4, 0.5) is 18.7 Å². The summed E-state index contributed by atoms with van der Waals surface area (Å²) in [5.74, 6) is -3.01. The van der Waals surface area contributed by atoms with Crippen molar-refractivity contribution in [2.75, 3.05) is 11.9 Å². The molecule has 4 rings (SSSR count). The van der Waals surface area contributed by atoms with Gasteiger partial charge in [0.05, 0.1) is 10.2 Å². The summed E-state index contributed by atoms with van der Waals surface area (Å²) < 4.78 is 26.9. The molecule has 142 valence electrons. The third-order valence-corrected chi connectivity index (χ3v) is 5.87. The van der Waals surface area contributed by atoms with Gasteiger partial charge in [-0.15, -0.1) is 0 Å². The Balaban J connectivity index is 1.46. The molecule has 1 aliphatic carbocycles. The molecule has 1 saturated carbocycles. The second-order valence-electron chi connectivity index (χ2n) is 6.77. The van der Waals surface area contributed by atoms with E-state index in [0.29, 0.717) is 17.5 Å². The highest BCUT2D eigenvalue weighted by molar-refractivity contribution is 7.22. The molecular weight excluding hydrogens is 378 g/mol. The average molecular weight is 394 g/mol. The van der Waals surface area contributed by atoms with Crippen molar-refractivity contribution in [3.63, 3.8) is 0 Å². The lowest BCUT2D eigenvalue weighted by Crippen LogP contribution is -2.48. The van der Waals surface area contributed by atoms with Gasteiger partial charge >= 0.3 is 6.03 Å². The largest absolute Gasteiger partial charge is 0.325 e. The first kappa shape index (κ1) is 17.8. The number of anilines is 1. The van der Waals surface area contributed by atoms with E-state index in [1.165, 1.54) is 0 Å². The SMILES string of the molecule is O=C(CN1C(=O)NC2(CCCCC2)C1=O)Nc1nc2cc(F)c(F)cc2s1. The van der Waals surface area contributed by atoms with Crippen molar-refractivity contribution < 1.29 is 23.2 Å². The number of benzene rings is 1. The second kappa shape index (κ2) is 6.52. The standard InChI is InChI=1S/C17H16F2N4O3S/c18-9-6-11-12(7-10(9)19)27-15(20-11)21-13(24)8-23-14(25)17(22-16(23)26)4-2-1-3-5-17/h6-7H,1-5,8H2,(H,22,26)(H,20,21,24). The number of urea groups is 1. The van der Waals surface area contributed by atoms with Gasteiger partial charge in [0.2, 0.25) is 5.91 Å². The number of nitrogens with zero attached hydrogens (tertiary/aromatic N) is 2. The van der Waals surface area contributed by atoms with Crippen LogP contribution in [0, 0.1) is 11.6 Å². The molecule has 4 amide bonds. The Morgan fingerprint density at radius 1 is 1.22 bits per heavy atom. The number of carbonyl (C=O) groups is 3. The van der Waals surface area contributed by atoms with Gasteiger partial charge in [0, 0.05) is 6.07 Å². The lowest BCUT2D eigenvalue weighted by Gasteiger charge is -2.30. The number of rotatable bonds is 3. The molecule has 1 spiro atoms. The summed E-state index contributed by atoms with van der Waals surface area (Å²) in [6, 6.07) is 1.37. The van der Waals surface area contributed by atoms with Gasteiger partial charge < -0.3 is 10.6 Å². The number of imide groups is 1. The number of thiazole rings is 1. The molecule has 10 heteroatoms. The fourth-order valence-corrected chi connectivity index (χ4v) is 4.48. The molecule has 1 aliphatic heterocycles. The van der Waals surface area contributed by atoms with Gasteiger partial charge in [-0.1, -0.05) is 30.6 Å². The van der Waals surface area contributed by atoms with E-state index < -0.39 is 35.7 Å². The molecule has 0 bridgehead atoms. The number of aromatic nitrogens is 1. The Bertz CT molecular complexity index is 916. The highest BCUT2D eigenvalue weighted by Crippen LogP contribution is 2.33. The number of carbonyl (C=O) groups excluding carboxylic acids is 3. The molecular formula is C17H16F2N4O3S. The predicted octanol–water partition coefficient (Wildman–Crippen LogP) is 2.77. The van der Waals surface area contributed by atoms with Crippen LogP contribution in [0.2, 0.25) is 0 Å². The summed E-state index contributed by atoms with van der Waals surface area (Å²) in [7, 11) is 0. The number of halogens is 2. The van der Waals surface area contributed by atoms with Crippen LogP contribution in [0.1, 0.15) is 32.1 Å². The van der Waals surface area contributed by atoms with Crippen molar-refractivity contribution in [2.24, 2.45) is 0 Å². The topological polar surface area (TPSA) is 91.4 Å². The fraction of sp³-hybridized carbons (Fsp3) is 0.412. The maximum absolute atomic E-state index is 13.3. The maximum Gasteiger partial charge on any atom is 0.325 e. The Hall–Kier alpha value is -2.62. The lowest BCUT2D eigenvalue weighted by molar-refractivity contribution is -0.134. The van der Waals surface area contributed by atoms with E-state index in [9.17, 15) is 23.2 Å². The van der Waals surface area contributed by atoms with Gasteiger partial charge in [-0.3, -0.25) is 14.5 Å². The minimum absolute atomic E-state index is 0.138. The molecule has 2 N–H and O–H groups in total. The van der Waals surface area contributed by atoms with Crippen LogP contribution in [-0.4, -0.2) is 39.8 Å². The first-order chi connectivity index (χ1) is 12.9. The minimum Gasteiger partial charge on any atom is -0.323 e. The summed E-state index contributed by atoms with van der Waals surface area (Å²) >= 11 is 0.976. The van der Waals surface area contributed by atoms with Crippen LogP contribution in [0.25, 0.3) is 10.2 Å². The third-order valence-electron chi connectivity index (χ3n) is 4.93. The van der Waals surface area contributed by atoms with Crippen LogP contribution in [-0.2, 0) is 9.59 Å². The molecule has 2 heterocycles. The van der Waals surface area contributed by atoms with Crippen LogP contribution in [0.15, 0.2) is 12.1 Å². The van der Waals surface area contributed by atoms with Crippen molar-refractivity contribution in [1.29, 1.82) is 0 Å². The minimum atomic E-state index is -1.03. The second-order valence-corrected chi connectivity index (χ2v) is 7.80. The first-order valence-corrected chi connectivity index (χ1v) is 9.39. The van der Waals surface area contributed by atoms with E-state index in [1.807, 2.05) is 0 Å². The normalized spacial score (nSPS) is 19.0. The Kier molecular flexibility index (Phi) is 4.29. The highest BCUT2D eigenvalue weighted by atomic mass is 32.1.